The molecule has 1 fully saturated rings. The van der Waals surface area contributed by atoms with Gasteiger partial charge in [0.1, 0.15) is 16.9 Å². The first-order valence-electron chi connectivity index (χ1n) is 13.4. The molecule has 0 bridgehead atoms. The van der Waals surface area contributed by atoms with Crippen LogP contribution < -0.4 is 9.47 Å². The van der Waals surface area contributed by atoms with Crippen molar-refractivity contribution in [3.05, 3.63) is 59.7 Å². The number of esters is 1. The molecule has 2 aromatic carbocycles. The molecule has 0 radical (unpaired) electrons. The van der Waals surface area contributed by atoms with Gasteiger partial charge in [0.2, 0.25) is 0 Å². The van der Waals surface area contributed by atoms with Crippen molar-refractivity contribution in [2.75, 3.05) is 19.0 Å². The van der Waals surface area contributed by atoms with Gasteiger partial charge >= 0.3 is 5.97 Å². The Labute approximate surface area is 216 Å². The van der Waals surface area contributed by atoms with Gasteiger partial charge in [0.15, 0.2) is 0 Å². The molecule has 0 aliphatic carbocycles. The highest BCUT2D eigenvalue weighted by Crippen LogP contribution is 2.38. The maximum absolute atomic E-state index is 12.6. The van der Waals surface area contributed by atoms with E-state index in [0.717, 1.165) is 42.6 Å². The van der Waals surface area contributed by atoms with Gasteiger partial charge in [-0.15, -0.1) is 11.8 Å². The van der Waals surface area contributed by atoms with E-state index in [1.54, 1.807) is 12.1 Å². The molecule has 3 atom stereocenters. The summed E-state index contributed by atoms with van der Waals surface area (Å²) in [6.45, 7) is 8.32. The molecule has 192 valence electrons. The smallest absolute Gasteiger partial charge is 0.343 e. The number of carbonyl (C=O) groups excluding carboxylic acids is 1. The average molecular weight is 499 g/mol. The van der Waals surface area contributed by atoms with Crippen LogP contribution in [0, 0.1) is 11.8 Å². The molecule has 5 heteroatoms. The molecular formula is C30H42O4S. The highest BCUT2D eigenvalue weighted by atomic mass is 32.2. The number of carbonyl (C=O) groups is 1. The first-order valence-corrected chi connectivity index (χ1v) is 14.4. The van der Waals surface area contributed by atoms with Gasteiger partial charge in [-0.05, 0) is 66.6 Å². The van der Waals surface area contributed by atoms with E-state index in [4.69, 9.17) is 14.2 Å². The van der Waals surface area contributed by atoms with Gasteiger partial charge in [0, 0.05) is 5.75 Å². The Hall–Kier alpha value is -1.98. The van der Waals surface area contributed by atoms with E-state index in [1.807, 2.05) is 48.2 Å². The van der Waals surface area contributed by atoms with E-state index < -0.39 is 0 Å². The van der Waals surface area contributed by atoms with Crippen LogP contribution in [0.1, 0.15) is 93.5 Å². The number of benzene rings is 2. The maximum Gasteiger partial charge on any atom is 0.343 e. The summed E-state index contributed by atoms with van der Waals surface area (Å²) in [6, 6.07) is 14.9. The van der Waals surface area contributed by atoms with Crippen molar-refractivity contribution in [2.24, 2.45) is 11.8 Å². The number of unbranched alkanes of at least 4 members (excludes halogenated alkanes) is 5. The van der Waals surface area contributed by atoms with Gasteiger partial charge in [0.05, 0.1) is 18.8 Å². The van der Waals surface area contributed by atoms with Crippen molar-refractivity contribution in [1.82, 2.24) is 0 Å². The number of hydrogen-bond acceptors (Lipinski definition) is 5. The van der Waals surface area contributed by atoms with Crippen LogP contribution in [0.5, 0.6) is 11.5 Å². The Morgan fingerprint density at radius 2 is 1.66 bits per heavy atom. The van der Waals surface area contributed by atoms with Crippen molar-refractivity contribution in [1.29, 1.82) is 0 Å². The number of ether oxygens (including phenoxy) is 3. The van der Waals surface area contributed by atoms with Crippen LogP contribution in [0.15, 0.2) is 48.5 Å². The average Bonchev–Trinajstić information content (AvgIpc) is 2.89. The molecule has 1 saturated heterocycles. The van der Waals surface area contributed by atoms with Crippen LogP contribution in [0.4, 0.5) is 0 Å². The predicted molar refractivity (Wildman–Crippen MR) is 145 cm³/mol. The molecule has 2 aromatic rings. The molecule has 1 aliphatic rings. The minimum atomic E-state index is -0.358. The van der Waals surface area contributed by atoms with Gasteiger partial charge in [-0.3, -0.25) is 0 Å². The molecule has 0 N–H and O–H groups in total. The number of hydrogen-bond donors (Lipinski definition) is 0. The highest BCUT2D eigenvalue weighted by molar-refractivity contribution is 7.99. The molecule has 4 nitrogen and oxygen atoms in total. The summed E-state index contributed by atoms with van der Waals surface area (Å²) < 4.78 is 17.5. The third-order valence-electron chi connectivity index (χ3n) is 6.62. The highest BCUT2D eigenvalue weighted by Gasteiger charge is 2.24. The van der Waals surface area contributed by atoms with Crippen LogP contribution >= 0.6 is 11.8 Å². The van der Waals surface area contributed by atoms with Crippen LogP contribution in [-0.2, 0) is 4.74 Å². The quantitative estimate of drug-likeness (QED) is 0.148. The summed E-state index contributed by atoms with van der Waals surface area (Å²) in [6.07, 6.45) is 9.90. The van der Waals surface area contributed by atoms with E-state index in [0.29, 0.717) is 17.2 Å². The Morgan fingerprint density at radius 1 is 0.971 bits per heavy atom. The molecule has 3 rings (SSSR count). The summed E-state index contributed by atoms with van der Waals surface area (Å²) in [5.41, 5.74) is 1.67. The fourth-order valence-corrected chi connectivity index (χ4v) is 5.43. The van der Waals surface area contributed by atoms with Gasteiger partial charge in [-0.2, -0.15) is 0 Å². The zero-order chi connectivity index (χ0) is 24.9. The largest absolute Gasteiger partial charge is 0.494 e. The van der Waals surface area contributed by atoms with E-state index in [2.05, 4.69) is 20.8 Å². The first-order chi connectivity index (χ1) is 17.1. The first kappa shape index (κ1) is 27.6. The summed E-state index contributed by atoms with van der Waals surface area (Å²) in [4.78, 5) is 12.6. The molecular weight excluding hydrogens is 456 g/mol. The van der Waals surface area contributed by atoms with Crippen molar-refractivity contribution in [3.63, 3.8) is 0 Å². The lowest BCUT2D eigenvalue weighted by Gasteiger charge is -2.30. The second kappa shape index (κ2) is 15.2. The topological polar surface area (TPSA) is 44.8 Å². The third-order valence-corrected chi connectivity index (χ3v) is 7.99. The van der Waals surface area contributed by atoms with Gasteiger partial charge in [-0.25, -0.2) is 4.79 Å². The standard InChI is InChI=1S/C30H42O4S/c1-4-6-7-8-9-10-19-32-27-15-17-28(18-16-27)34-29(31)25-11-13-26(14-12-25)30-33-21-24(22-35-30)20-23(3)5-2/h11-18,23-24,30H,4-10,19-22H2,1-3H3. The normalized spacial score (nSPS) is 18.7. The van der Waals surface area contributed by atoms with Crippen LogP contribution in [0.3, 0.4) is 0 Å². The van der Waals surface area contributed by atoms with E-state index in [1.165, 1.54) is 44.9 Å². The molecule has 0 aromatic heterocycles. The van der Waals surface area contributed by atoms with Gasteiger partial charge in [-0.1, -0.05) is 71.4 Å². The van der Waals surface area contributed by atoms with E-state index in [9.17, 15) is 4.79 Å². The van der Waals surface area contributed by atoms with Crippen molar-refractivity contribution in [3.8, 4) is 11.5 Å². The van der Waals surface area contributed by atoms with Crippen LogP contribution in [0.25, 0.3) is 0 Å². The Morgan fingerprint density at radius 3 is 2.31 bits per heavy atom. The molecule has 0 spiro atoms. The van der Waals surface area contributed by atoms with Crippen molar-refractivity contribution < 1.29 is 19.0 Å². The lowest BCUT2D eigenvalue weighted by molar-refractivity contribution is 0.0689. The van der Waals surface area contributed by atoms with E-state index in [-0.39, 0.29) is 11.4 Å². The zero-order valence-electron chi connectivity index (χ0n) is 21.7. The fraction of sp³-hybridized carbons (Fsp3) is 0.567. The lowest BCUT2D eigenvalue weighted by Crippen LogP contribution is -2.22. The second-order valence-corrected chi connectivity index (χ2v) is 10.8. The van der Waals surface area contributed by atoms with Crippen LogP contribution in [-0.4, -0.2) is 24.9 Å². The van der Waals surface area contributed by atoms with Crippen LogP contribution in [0.2, 0.25) is 0 Å². The Kier molecular flexibility index (Phi) is 12.0. The minimum Gasteiger partial charge on any atom is -0.494 e. The van der Waals surface area contributed by atoms with E-state index >= 15 is 0 Å². The molecule has 0 saturated carbocycles. The fourth-order valence-electron chi connectivity index (χ4n) is 4.23. The van der Waals surface area contributed by atoms with Crippen molar-refractivity contribution >= 4 is 17.7 Å². The van der Waals surface area contributed by atoms with Gasteiger partial charge < -0.3 is 14.2 Å². The Balaban J connectivity index is 1.40. The Bertz CT molecular complexity index is 857. The van der Waals surface area contributed by atoms with Gasteiger partial charge in [0.25, 0.3) is 0 Å². The third kappa shape index (κ3) is 9.53. The summed E-state index contributed by atoms with van der Waals surface area (Å²) in [5, 5.41) is 0. The van der Waals surface area contributed by atoms with Crippen molar-refractivity contribution in [2.45, 2.75) is 77.6 Å². The minimum absolute atomic E-state index is 0.0390. The maximum atomic E-state index is 12.6. The molecule has 1 heterocycles. The summed E-state index contributed by atoms with van der Waals surface area (Å²) in [7, 11) is 0. The molecule has 35 heavy (non-hydrogen) atoms. The SMILES string of the molecule is CCCCCCCCOc1ccc(OC(=O)c2ccc(C3OCC(CC(C)CC)CS3)cc2)cc1. The molecule has 3 unspecified atom stereocenters. The zero-order valence-corrected chi connectivity index (χ0v) is 22.5. The molecule has 0 amide bonds. The summed E-state index contributed by atoms with van der Waals surface area (Å²) in [5.74, 6) is 3.47. The summed E-state index contributed by atoms with van der Waals surface area (Å²) >= 11 is 1.86. The second-order valence-electron chi connectivity index (χ2n) is 9.71. The number of thioether (sulfide) groups is 1. The number of rotatable bonds is 14. The molecule has 1 aliphatic heterocycles. The predicted octanol–water partition coefficient (Wildman–Crippen LogP) is 8.46. The monoisotopic (exact) mass is 498 g/mol. The lowest BCUT2D eigenvalue weighted by atomic mass is 9.96.